The van der Waals surface area contributed by atoms with Crippen LogP contribution in [0.4, 0.5) is 13.2 Å². The maximum Gasteiger partial charge on any atom is 0.416 e. The predicted octanol–water partition coefficient (Wildman–Crippen LogP) is 4.26. The van der Waals surface area contributed by atoms with E-state index in [4.69, 9.17) is 29.6 Å². The SMILES string of the molecule is CCn1nccc1C1=C(Cl)C=C(C(=O)N[C@H](CN)Cc2ccccc2C(F)(F)F)C(=S)C1. The lowest BCUT2D eigenvalue weighted by atomic mass is 9.94. The Kier molecular flexibility index (Phi) is 7.53. The van der Waals surface area contributed by atoms with Crippen LogP contribution in [-0.2, 0) is 23.9 Å². The molecule has 1 heterocycles. The zero-order valence-electron chi connectivity index (χ0n) is 17.2. The van der Waals surface area contributed by atoms with E-state index in [1.54, 1.807) is 10.9 Å². The summed E-state index contributed by atoms with van der Waals surface area (Å²) in [7, 11) is 0. The highest BCUT2D eigenvalue weighted by atomic mass is 35.5. The number of carbonyl (C=O) groups is 1. The molecule has 0 bridgehead atoms. The van der Waals surface area contributed by atoms with Crippen molar-refractivity contribution in [3.8, 4) is 0 Å². The van der Waals surface area contributed by atoms with Gasteiger partial charge in [-0.1, -0.05) is 42.0 Å². The summed E-state index contributed by atoms with van der Waals surface area (Å²) in [4.78, 5) is 13.3. The number of nitrogens with zero attached hydrogens (tertiary/aromatic N) is 2. The van der Waals surface area contributed by atoms with E-state index in [1.165, 1.54) is 24.3 Å². The number of aryl methyl sites for hydroxylation is 1. The summed E-state index contributed by atoms with van der Waals surface area (Å²) < 4.78 is 41.6. The first-order valence-electron chi connectivity index (χ1n) is 9.97. The monoisotopic (exact) mass is 482 g/mol. The zero-order chi connectivity index (χ0) is 23.5. The summed E-state index contributed by atoms with van der Waals surface area (Å²) in [6.07, 6.45) is -1.13. The number of alkyl halides is 3. The molecule has 0 unspecified atom stereocenters. The van der Waals surface area contributed by atoms with Gasteiger partial charge in [0.2, 0.25) is 0 Å². The van der Waals surface area contributed by atoms with Crippen molar-refractivity contribution in [2.45, 2.75) is 38.5 Å². The van der Waals surface area contributed by atoms with Gasteiger partial charge in [0.15, 0.2) is 0 Å². The number of nitrogens with two attached hydrogens (primary N) is 1. The lowest BCUT2D eigenvalue weighted by Gasteiger charge is -2.23. The van der Waals surface area contributed by atoms with Crippen molar-refractivity contribution in [1.82, 2.24) is 15.1 Å². The zero-order valence-corrected chi connectivity index (χ0v) is 18.8. The molecule has 10 heteroatoms. The first-order chi connectivity index (χ1) is 15.2. The lowest BCUT2D eigenvalue weighted by molar-refractivity contribution is -0.138. The van der Waals surface area contributed by atoms with Gasteiger partial charge in [0.1, 0.15) is 0 Å². The summed E-state index contributed by atoms with van der Waals surface area (Å²) in [5.41, 5.74) is 6.85. The maximum absolute atomic E-state index is 13.3. The number of nitrogens with one attached hydrogen (secondary N) is 1. The fourth-order valence-corrected chi connectivity index (χ4v) is 4.15. The third-order valence-corrected chi connectivity index (χ3v) is 5.88. The van der Waals surface area contributed by atoms with Gasteiger partial charge in [0.05, 0.1) is 16.8 Å². The van der Waals surface area contributed by atoms with Gasteiger partial charge >= 0.3 is 6.18 Å². The fourth-order valence-electron chi connectivity index (χ4n) is 3.58. The van der Waals surface area contributed by atoms with E-state index in [0.29, 0.717) is 16.4 Å². The number of amides is 1. The van der Waals surface area contributed by atoms with Gasteiger partial charge < -0.3 is 11.1 Å². The van der Waals surface area contributed by atoms with Crippen molar-refractivity contribution in [2.24, 2.45) is 5.73 Å². The Hall–Kier alpha value is -2.49. The average molecular weight is 483 g/mol. The Labute approximate surface area is 194 Å². The molecule has 1 aliphatic rings. The number of benzene rings is 1. The highest BCUT2D eigenvalue weighted by Crippen LogP contribution is 2.34. The largest absolute Gasteiger partial charge is 0.416 e. The van der Waals surface area contributed by atoms with Gasteiger partial charge in [-0.05, 0) is 37.1 Å². The van der Waals surface area contributed by atoms with Crippen LogP contribution < -0.4 is 11.1 Å². The Balaban J connectivity index is 1.80. The molecule has 0 aliphatic heterocycles. The Morgan fingerprint density at radius 3 is 2.72 bits per heavy atom. The molecule has 3 rings (SSSR count). The molecule has 3 N–H and O–H groups in total. The van der Waals surface area contributed by atoms with Crippen LogP contribution in [0, 0.1) is 0 Å². The molecular weight excluding hydrogens is 461 g/mol. The molecule has 2 aromatic rings. The van der Waals surface area contributed by atoms with Gasteiger partial charge in [-0.15, -0.1) is 0 Å². The predicted molar refractivity (Wildman–Crippen MR) is 122 cm³/mol. The molecule has 0 radical (unpaired) electrons. The van der Waals surface area contributed by atoms with Crippen LogP contribution in [0.2, 0.25) is 0 Å². The molecule has 0 saturated carbocycles. The lowest BCUT2D eigenvalue weighted by Crippen LogP contribution is -2.43. The second-order valence-electron chi connectivity index (χ2n) is 7.28. The molecule has 0 spiro atoms. The summed E-state index contributed by atoms with van der Waals surface area (Å²) in [5.74, 6) is -0.517. The highest BCUT2D eigenvalue weighted by molar-refractivity contribution is 7.81. The molecule has 1 aromatic heterocycles. The second-order valence-corrected chi connectivity index (χ2v) is 8.18. The Morgan fingerprint density at radius 2 is 2.06 bits per heavy atom. The normalized spacial score (nSPS) is 15.6. The van der Waals surface area contributed by atoms with E-state index < -0.39 is 23.7 Å². The molecule has 1 aromatic carbocycles. The van der Waals surface area contributed by atoms with Crippen molar-refractivity contribution < 1.29 is 18.0 Å². The van der Waals surface area contributed by atoms with Crippen LogP contribution in [0.15, 0.2) is 53.2 Å². The van der Waals surface area contributed by atoms with Crippen LogP contribution in [0.3, 0.4) is 0 Å². The minimum Gasteiger partial charge on any atom is -0.348 e. The van der Waals surface area contributed by atoms with Crippen molar-refractivity contribution in [3.63, 3.8) is 0 Å². The number of thiocarbonyl (C=S) groups is 1. The number of rotatable bonds is 7. The van der Waals surface area contributed by atoms with Crippen molar-refractivity contribution in [1.29, 1.82) is 0 Å². The van der Waals surface area contributed by atoms with E-state index in [2.05, 4.69) is 10.4 Å². The Bertz CT molecular complexity index is 1090. The molecule has 0 saturated heterocycles. The first-order valence-corrected chi connectivity index (χ1v) is 10.8. The number of halogens is 4. The fraction of sp³-hybridized carbons (Fsp3) is 0.318. The molecule has 170 valence electrons. The number of hydrogen-bond acceptors (Lipinski definition) is 4. The molecule has 1 aliphatic carbocycles. The van der Waals surface area contributed by atoms with E-state index in [0.717, 1.165) is 17.3 Å². The number of carbonyl (C=O) groups excluding carboxylic acids is 1. The van der Waals surface area contributed by atoms with Crippen LogP contribution in [0.5, 0.6) is 0 Å². The third kappa shape index (κ3) is 5.28. The summed E-state index contributed by atoms with van der Waals surface area (Å²) in [5, 5.41) is 7.29. The number of aromatic nitrogens is 2. The second kappa shape index (κ2) is 9.97. The van der Waals surface area contributed by atoms with Crippen LogP contribution in [0.1, 0.15) is 30.2 Å². The standard InChI is InChI=1S/C22H22ClF3N4OS/c1-2-30-19(7-8-28-30)15-11-20(32)16(10-18(15)23)21(31)29-14(12-27)9-13-5-3-4-6-17(13)22(24,25)26/h3-8,10,14H,2,9,11-12,27H2,1H3,(H,29,31)/t14-/m0/s1. The van der Waals surface area contributed by atoms with Gasteiger partial charge in [-0.3, -0.25) is 9.48 Å². The van der Waals surface area contributed by atoms with E-state index in [-0.39, 0.29) is 30.5 Å². The maximum atomic E-state index is 13.3. The molecule has 1 atom stereocenters. The quantitative estimate of drug-likeness (QED) is 0.578. The highest BCUT2D eigenvalue weighted by Gasteiger charge is 2.33. The third-order valence-electron chi connectivity index (χ3n) is 5.18. The van der Waals surface area contributed by atoms with Gasteiger partial charge in [-0.25, -0.2) is 0 Å². The molecule has 5 nitrogen and oxygen atoms in total. The van der Waals surface area contributed by atoms with Crippen molar-refractivity contribution in [3.05, 3.63) is 70.0 Å². The topological polar surface area (TPSA) is 72.9 Å². The summed E-state index contributed by atoms with van der Waals surface area (Å²) in [6.45, 7) is 2.56. The number of allylic oxidation sites excluding steroid dienone is 3. The van der Waals surface area contributed by atoms with Crippen LogP contribution in [-0.4, -0.2) is 33.1 Å². The smallest absolute Gasteiger partial charge is 0.348 e. The summed E-state index contributed by atoms with van der Waals surface area (Å²) >= 11 is 11.9. The van der Waals surface area contributed by atoms with E-state index in [1.807, 2.05) is 13.0 Å². The molecular formula is C22H22ClF3N4OS. The van der Waals surface area contributed by atoms with Crippen LogP contribution in [0.25, 0.3) is 5.57 Å². The molecule has 1 amide bonds. The van der Waals surface area contributed by atoms with Crippen LogP contribution >= 0.6 is 23.8 Å². The van der Waals surface area contributed by atoms with E-state index in [9.17, 15) is 18.0 Å². The molecule has 32 heavy (non-hydrogen) atoms. The minimum atomic E-state index is -4.49. The molecule has 0 fully saturated rings. The van der Waals surface area contributed by atoms with Crippen molar-refractivity contribution >= 4 is 40.2 Å². The van der Waals surface area contributed by atoms with Gasteiger partial charge in [0, 0.05) is 47.2 Å². The minimum absolute atomic E-state index is 0.0392. The van der Waals surface area contributed by atoms with Gasteiger partial charge in [0.25, 0.3) is 5.91 Å². The first kappa shape index (κ1) is 24.2. The van der Waals surface area contributed by atoms with E-state index >= 15 is 0 Å². The van der Waals surface area contributed by atoms with Gasteiger partial charge in [-0.2, -0.15) is 18.3 Å². The average Bonchev–Trinajstić information content (AvgIpc) is 3.22. The van der Waals surface area contributed by atoms with Crippen molar-refractivity contribution in [2.75, 3.05) is 6.54 Å². The Morgan fingerprint density at radius 1 is 1.34 bits per heavy atom. The number of hydrogen-bond donors (Lipinski definition) is 2. The summed E-state index contributed by atoms with van der Waals surface area (Å²) in [6, 6.07) is 6.35.